The zero-order chi connectivity index (χ0) is 18.1. The van der Waals surface area contributed by atoms with E-state index in [1.165, 1.54) is 12.8 Å². The molecule has 152 valence electrons. The molecule has 0 radical (unpaired) electrons. The zero-order valence-corrected chi connectivity index (χ0v) is 17.2. The van der Waals surface area contributed by atoms with Crippen molar-refractivity contribution in [2.45, 2.75) is 77.0 Å². The van der Waals surface area contributed by atoms with Gasteiger partial charge in [0.1, 0.15) is 0 Å². The number of carbonyl (C=O) groups is 1. The molecule has 1 aliphatic heterocycles. The SMILES string of the molecule is CCOC1CC(NC(=O)c2nnn(C3CCNCC3)c2C)C12CCCC2.Cl. The minimum Gasteiger partial charge on any atom is -0.378 e. The third kappa shape index (κ3) is 3.61. The Morgan fingerprint density at radius 2 is 2.04 bits per heavy atom. The molecule has 1 spiro atoms. The number of piperidine rings is 1. The maximum Gasteiger partial charge on any atom is 0.273 e. The van der Waals surface area contributed by atoms with E-state index in [9.17, 15) is 4.79 Å². The first-order chi connectivity index (χ1) is 12.7. The van der Waals surface area contributed by atoms with Crippen LogP contribution in [0.2, 0.25) is 0 Å². The van der Waals surface area contributed by atoms with Gasteiger partial charge in [0.15, 0.2) is 5.69 Å². The van der Waals surface area contributed by atoms with Crippen molar-refractivity contribution in [3.8, 4) is 0 Å². The molecular formula is C19H32ClN5O2. The predicted octanol–water partition coefficient (Wildman–Crippen LogP) is 2.40. The number of halogens is 1. The molecule has 2 atom stereocenters. The second kappa shape index (κ2) is 8.45. The summed E-state index contributed by atoms with van der Waals surface area (Å²) in [7, 11) is 0. The summed E-state index contributed by atoms with van der Waals surface area (Å²) in [6.07, 6.45) is 8.07. The summed E-state index contributed by atoms with van der Waals surface area (Å²) < 4.78 is 7.90. The normalized spacial score (nSPS) is 27.2. The van der Waals surface area contributed by atoms with Gasteiger partial charge in [0, 0.05) is 18.1 Å². The van der Waals surface area contributed by atoms with Crippen molar-refractivity contribution >= 4 is 18.3 Å². The van der Waals surface area contributed by atoms with Crippen LogP contribution in [0.25, 0.3) is 0 Å². The zero-order valence-electron chi connectivity index (χ0n) is 16.4. The lowest BCUT2D eigenvalue weighted by Gasteiger charge is -2.54. The maximum absolute atomic E-state index is 12.9. The molecule has 7 nitrogen and oxygen atoms in total. The second-order valence-electron chi connectivity index (χ2n) is 8.10. The number of amides is 1. The number of rotatable bonds is 5. The van der Waals surface area contributed by atoms with Crippen LogP contribution in [0.5, 0.6) is 0 Å². The van der Waals surface area contributed by atoms with Crippen LogP contribution in [0.15, 0.2) is 0 Å². The number of carbonyl (C=O) groups excluding carboxylic acids is 1. The van der Waals surface area contributed by atoms with Crippen molar-refractivity contribution in [3.63, 3.8) is 0 Å². The summed E-state index contributed by atoms with van der Waals surface area (Å²) in [6.45, 7) is 6.75. The van der Waals surface area contributed by atoms with Crippen molar-refractivity contribution in [1.82, 2.24) is 25.6 Å². The van der Waals surface area contributed by atoms with Crippen molar-refractivity contribution in [3.05, 3.63) is 11.4 Å². The molecule has 0 bridgehead atoms. The van der Waals surface area contributed by atoms with Crippen molar-refractivity contribution < 1.29 is 9.53 Å². The van der Waals surface area contributed by atoms with Gasteiger partial charge >= 0.3 is 0 Å². The van der Waals surface area contributed by atoms with Gasteiger partial charge in [-0.15, -0.1) is 17.5 Å². The summed E-state index contributed by atoms with van der Waals surface area (Å²) >= 11 is 0. The molecule has 2 unspecified atom stereocenters. The lowest BCUT2D eigenvalue weighted by Crippen LogP contribution is -2.63. The molecule has 1 aromatic rings. The smallest absolute Gasteiger partial charge is 0.273 e. The van der Waals surface area contributed by atoms with Crippen molar-refractivity contribution in [1.29, 1.82) is 0 Å². The third-order valence-corrected chi connectivity index (χ3v) is 6.79. The minimum absolute atomic E-state index is 0. The highest BCUT2D eigenvalue weighted by molar-refractivity contribution is 5.93. The number of hydrogen-bond donors (Lipinski definition) is 2. The Morgan fingerprint density at radius 1 is 1.33 bits per heavy atom. The Kier molecular flexibility index (Phi) is 6.43. The van der Waals surface area contributed by atoms with Crippen LogP contribution in [0.4, 0.5) is 0 Å². The summed E-state index contributed by atoms with van der Waals surface area (Å²) in [5.41, 5.74) is 1.51. The fourth-order valence-electron chi connectivity index (χ4n) is 5.26. The second-order valence-corrected chi connectivity index (χ2v) is 8.10. The highest BCUT2D eigenvalue weighted by atomic mass is 35.5. The van der Waals surface area contributed by atoms with Gasteiger partial charge in [-0.05, 0) is 59.0 Å². The fraction of sp³-hybridized carbons (Fsp3) is 0.842. The van der Waals surface area contributed by atoms with Gasteiger partial charge < -0.3 is 15.4 Å². The molecule has 1 amide bonds. The highest BCUT2D eigenvalue weighted by Gasteiger charge is 2.57. The first-order valence-electron chi connectivity index (χ1n) is 10.2. The van der Waals surface area contributed by atoms with E-state index in [2.05, 4.69) is 27.9 Å². The van der Waals surface area contributed by atoms with Gasteiger partial charge in [0.05, 0.1) is 17.8 Å². The van der Waals surface area contributed by atoms with E-state index in [1.807, 2.05) is 11.6 Å². The van der Waals surface area contributed by atoms with Gasteiger partial charge in [-0.3, -0.25) is 4.79 Å². The summed E-state index contributed by atoms with van der Waals surface area (Å²) in [6, 6.07) is 0.551. The number of aromatic nitrogens is 3. The van der Waals surface area contributed by atoms with Gasteiger partial charge in [-0.1, -0.05) is 18.1 Å². The monoisotopic (exact) mass is 397 g/mol. The third-order valence-electron chi connectivity index (χ3n) is 6.79. The van der Waals surface area contributed by atoms with Crippen LogP contribution in [0.1, 0.15) is 74.1 Å². The van der Waals surface area contributed by atoms with E-state index in [-0.39, 0.29) is 29.8 Å². The Labute approximate surface area is 167 Å². The predicted molar refractivity (Wildman–Crippen MR) is 105 cm³/mol. The molecule has 1 aromatic heterocycles. The summed E-state index contributed by atoms with van der Waals surface area (Å²) in [5, 5.41) is 15.1. The molecule has 4 rings (SSSR count). The largest absolute Gasteiger partial charge is 0.378 e. The van der Waals surface area contributed by atoms with Crippen LogP contribution in [0.3, 0.4) is 0 Å². The lowest BCUT2D eigenvalue weighted by atomic mass is 9.60. The highest BCUT2D eigenvalue weighted by Crippen LogP contribution is 2.54. The lowest BCUT2D eigenvalue weighted by molar-refractivity contribution is -0.127. The average Bonchev–Trinajstić information content (AvgIpc) is 3.30. The van der Waals surface area contributed by atoms with E-state index in [4.69, 9.17) is 4.74 Å². The number of nitrogens with zero attached hydrogens (tertiary/aromatic N) is 3. The Bertz CT molecular complexity index is 653. The van der Waals surface area contributed by atoms with Crippen LogP contribution in [0, 0.1) is 12.3 Å². The van der Waals surface area contributed by atoms with E-state index in [0.29, 0.717) is 17.8 Å². The van der Waals surface area contributed by atoms with E-state index in [1.54, 1.807) is 0 Å². The number of nitrogens with one attached hydrogen (secondary N) is 2. The standard InChI is InChI=1S/C19H31N5O2.ClH/c1-3-26-16-12-15(19(16)8-4-5-9-19)21-18(25)17-13(2)24(23-22-17)14-6-10-20-11-7-14;/h14-16,20H,3-12H2,1-2H3,(H,21,25);1H. The molecule has 2 N–H and O–H groups in total. The van der Waals surface area contributed by atoms with E-state index < -0.39 is 0 Å². The Balaban J connectivity index is 0.00000210. The molecule has 2 heterocycles. The molecule has 2 aliphatic carbocycles. The van der Waals surface area contributed by atoms with E-state index in [0.717, 1.165) is 57.5 Å². The van der Waals surface area contributed by atoms with Crippen LogP contribution < -0.4 is 10.6 Å². The Hall–Kier alpha value is -1.18. The van der Waals surface area contributed by atoms with Gasteiger partial charge in [0.2, 0.25) is 0 Å². The molecule has 8 heteroatoms. The maximum atomic E-state index is 12.9. The number of hydrogen-bond acceptors (Lipinski definition) is 5. The van der Waals surface area contributed by atoms with Gasteiger partial charge in [-0.25, -0.2) is 4.68 Å². The molecule has 2 saturated carbocycles. The molecule has 0 aromatic carbocycles. The summed E-state index contributed by atoms with van der Waals surface area (Å²) in [5.74, 6) is -0.0751. The summed E-state index contributed by atoms with van der Waals surface area (Å²) in [4.78, 5) is 12.9. The molecule has 3 fully saturated rings. The Morgan fingerprint density at radius 3 is 2.70 bits per heavy atom. The molecule has 3 aliphatic rings. The first kappa shape index (κ1) is 20.6. The average molecular weight is 398 g/mol. The number of ether oxygens (including phenoxy) is 1. The van der Waals surface area contributed by atoms with Crippen LogP contribution >= 0.6 is 12.4 Å². The quantitative estimate of drug-likeness (QED) is 0.797. The van der Waals surface area contributed by atoms with Gasteiger partial charge in [-0.2, -0.15) is 0 Å². The van der Waals surface area contributed by atoms with Crippen molar-refractivity contribution in [2.24, 2.45) is 5.41 Å². The minimum atomic E-state index is -0.0751. The fourth-order valence-corrected chi connectivity index (χ4v) is 5.26. The topological polar surface area (TPSA) is 81.1 Å². The van der Waals surface area contributed by atoms with E-state index >= 15 is 0 Å². The first-order valence-corrected chi connectivity index (χ1v) is 10.2. The van der Waals surface area contributed by atoms with Crippen molar-refractivity contribution in [2.75, 3.05) is 19.7 Å². The molecule has 1 saturated heterocycles. The van der Waals surface area contributed by atoms with Crippen LogP contribution in [-0.2, 0) is 4.74 Å². The van der Waals surface area contributed by atoms with Gasteiger partial charge in [0.25, 0.3) is 5.91 Å². The molecular weight excluding hydrogens is 366 g/mol. The van der Waals surface area contributed by atoms with Crippen LogP contribution in [-0.4, -0.2) is 52.7 Å². The molecule has 27 heavy (non-hydrogen) atoms.